The second-order valence-corrected chi connectivity index (χ2v) is 4.82. The quantitative estimate of drug-likeness (QED) is 0.800. The number of amides is 2. The van der Waals surface area contributed by atoms with Gasteiger partial charge in [-0.25, -0.2) is 0 Å². The van der Waals surface area contributed by atoms with Crippen LogP contribution in [0, 0.1) is 6.92 Å². The fourth-order valence-electron chi connectivity index (χ4n) is 2.41. The van der Waals surface area contributed by atoms with Crippen molar-refractivity contribution in [3.05, 3.63) is 29.6 Å². The zero-order valence-corrected chi connectivity index (χ0v) is 11.6. The van der Waals surface area contributed by atoms with Crippen LogP contribution in [0.3, 0.4) is 0 Å². The van der Waals surface area contributed by atoms with Gasteiger partial charge >= 0.3 is 0 Å². The van der Waals surface area contributed by atoms with Crippen LogP contribution in [0.15, 0.2) is 18.3 Å². The van der Waals surface area contributed by atoms with Crippen molar-refractivity contribution < 1.29 is 9.59 Å². The first-order valence-corrected chi connectivity index (χ1v) is 6.53. The monoisotopic (exact) mass is 261 g/mol. The predicted octanol–water partition coefficient (Wildman–Crippen LogP) is 1.08. The van der Waals surface area contributed by atoms with Crippen molar-refractivity contribution in [1.29, 1.82) is 0 Å². The molecule has 1 atom stereocenters. The highest BCUT2D eigenvalue weighted by molar-refractivity contribution is 5.98. The second kappa shape index (κ2) is 5.38. The minimum atomic E-state index is -0.356. The van der Waals surface area contributed by atoms with Crippen molar-refractivity contribution in [2.75, 3.05) is 20.1 Å². The number of rotatable bonds is 2. The summed E-state index contributed by atoms with van der Waals surface area (Å²) in [7, 11) is 1.78. The van der Waals surface area contributed by atoms with Crippen LogP contribution in [-0.2, 0) is 4.79 Å². The summed E-state index contributed by atoms with van der Waals surface area (Å²) in [4.78, 5) is 32.2. The van der Waals surface area contributed by atoms with Crippen LogP contribution in [0.4, 0.5) is 0 Å². The van der Waals surface area contributed by atoms with Crippen molar-refractivity contribution in [3.8, 4) is 0 Å². The zero-order valence-electron chi connectivity index (χ0n) is 11.6. The minimum absolute atomic E-state index is 0.0173. The molecule has 0 saturated carbocycles. The molecule has 2 rings (SSSR count). The van der Waals surface area contributed by atoms with E-state index in [0.717, 1.165) is 0 Å². The van der Waals surface area contributed by atoms with Gasteiger partial charge < -0.3 is 9.80 Å². The van der Waals surface area contributed by atoms with Gasteiger partial charge in [0.15, 0.2) is 0 Å². The Bertz CT molecular complexity index is 501. The van der Waals surface area contributed by atoms with Crippen molar-refractivity contribution in [1.82, 2.24) is 14.8 Å². The van der Waals surface area contributed by atoms with Gasteiger partial charge in [0.2, 0.25) is 5.91 Å². The molecule has 2 heterocycles. The number of piperazine rings is 1. The van der Waals surface area contributed by atoms with Crippen LogP contribution >= 0.6 is 0 Å². The summed E-state index contributed by atoms with van der Waals surface area (Å²) >= 11 is 0. The largest absolute Gasteiger partial charge is 0.342 e. The Kier molecular flexibility index (Phi) is 3.83. The molecule has 1 aromatic rings. The normalized spacial score (nSPS) is 19.7. The van der Waals surface area contributed by atoms with Crippen molar-refractivity contribution in [2.24, 2.45) is 0 Å². The van der Waals surface area contributed by atoms with E-state index in [0.29, 0.717) is 30.8 Å². The summed E-state index contributed by atoms with van der Waals surface area (Å²) in [6.07, 6.45) is 2.30. The third-order valence-corrected chi connectivity index (χ3v) is 3.60. The molecule has 0 unspecified atom stereocenters. The van der Waals surface area contributed by atoms with Gasteiger partial charge in [0.05, 0.1) is 5.56 Å². The zero-order chi connectivity index (χ0) is 14.0. The van der Waals surface area contributed by atoms with E-state index in [1.54, 1.807) is 35.2 Å². The molecule has 0 aromatic carbocycles. The smallest absolute Gasteiger partial charge is 0.256 e. The van der Waals surface area contributed by atoms with Crippen LogP contribution in [-0.4, -0.2) is 52.8 Å². The second-order valence-electron chi connectivity index (χ2n) is 4.82. The molecular weight excluding hydrogens is 242 g/mol. The van der Waals surface area contributed by atoms with Crippen molar-refractivity contribution in [3.63, 3.8) is 0 Å². The standard InChI is InChI=1S/C14H19N3O2/c1-4-12-14(19)16(3)8-9-17(12)13(18)11-6-5-7-15-10(11)2/h5-7,12H,4,8-9H2,1-3H3/t12-/m1/s1. The highest BCUT2D eigenvalue weighted by atomic mass is 16.2. The van der Waals surface area contributed by atoms with Crippen molar-refractivity contribution in [2.45, 2.75) is 26.3 Å². The summed E-state index contributed by atoms with van der Waals surface area (Å²) < 4.78 is 0. The highest BCUT2D eigenvalue weighted by Gasteiger charge is 2.35. The first-order valence-electron chi connectivity index (χ1n) is 6.53. The number of likely N-dealkylation sites (N-methyl/N-ethyl adjacent to an activating group) is 1. The van der Waals surface area contributed by atoms with Gasteiger partial charge in [0, 0.05) is 32.0 Å². The molecule has 1 aliphatic rings. The van der Waals surface area contributed by atoms with Crippen LogP contribution < -0.4 is 0 Å². The third kappa shape index (κ3) is 2.45. The highest BCUT2D eigenvalue weighted by Crippen LogP contribution is 2.17. The molecule has 5 heteroatoms. The summed E-state index contributed by atoms with van der Waals surface area (Å²) in [6, 6.07) is 3.16. The van der Waals surface area contributed by atoms with E-state index in [1.807, 2.05) is 13.8 Å². The minimum Gasteiger partial charge on any atom is -0.342 e. The number of nitrogens with zero attached hydrogens (tertiary/aromatic N) is 3. The van der Waals surface area contributed by atoms with Gasteiger partial charge in [0.25, 0.3) is 5.91 Å². The fourth-order valence-corrected chi connectivity index (χ4v) is 2.41. The van der Waals surface area contributed by atoms with Crippen molar-refractivity contribution >= 4 is 11.8 Å². The first kappa shape index (κ1) is 13.5. The Morgan fingerprint density at radius 3 is 2.84 bits per heavy atom. The number of hydrogen-bond acceptors (Lipinski definition) is 3. The Labute approximate surface area is 113 Å². The van der Waals surface area contributed by atoms with E-state index in [-0.39, 0.29) is 17.9 Å². The van der Waals surface area contributed by atoms with E-state index in [1.165, 1.54) is 0 Å². The van der Waals surface area contributed by atoms with Crippen LogP contribution in [0.5, 0.6) is 0 Å². The SMILES string of the molecule is CC[C@@H]1C(=O)N(C)CCN1C(=O)c1cccnc1C. The predicted molar refractivity (Wildman–Crippen MR) is 71.7 cm³/mol. The van der Waals surface area contributed by atoms with Crippen LogP contribution in [0.2, 0.25) is 0 Å². The molecular formula is C14H19N3O2. The third-order valence-electron chi connectivity index (χ3n) is 3.60. The Hall–Kier alpha value is -1.91. The maximum absolute atomic E-state index is 12.6. The lowest BCUT2D eigenvalue weighted by atomic mass is 10.1. The van der Waals surface area contributed by atoms with Gasteiger partial charge in [-0.3, -0.25) is 14.6 Å². The van der Waals surface area contributed by atoms with E-state index in [4.69, 9.17) is 0 Å². The Morgan fingerprint density at radius 1 is 1.47 bits per heavy atom. The maximum Gasteiger partial charge on any atom is 0.256 e. The molecule has 1 saturated heterocycles. The average Bonchev–Trinajstić information content (AvgIpc) is 2.41. The maximum atomic E-state index is 12.6. The number of aromatic nitrogens is 1. The summed E-state index contributed by atoms with van der Waals surface area (Å²) in [6.45, 7) is 4.90. The summed E-state index contributed by atoms with van der Waals surface area (Å²) in [5.74, 6) is -0.0810. The molecule has 0 spiro atoms. The number of carbonyl (C=O) groups is 2. The van der Waals surface area contributed by atoms with Gasteiger partial charge in [0.1, 0.15) is 6.04 Å². The molecule has 1 fully saturated rings. The molecule has 2 amide bonds. The van der Waals surface area contributed by atoms with Gasteiger partial charge in [-0.15, -0.1) is 0 Å². The molecule has 0 bridgehead atoms. The van der Waals surface area contributed by atoms with Crippen LogP contribution in [0.25, 0.3) is 0 Å². The summed E-state index contributed by atoms with van der Waals surface area (Å²) in [5.41, 5.74) is 1.28. The van der Waals surface area contributed by atoms with E-state index in [9.17, 15) is 9.59 Å². The van der Waals surface area contributed by atoms with Gasteiger partial charge in [-0.05, 0) is 25.5 Å². The van der Waals surface area contributed by atoms with E-state index >= 15 is 0 Å². The molecule has 0 N–H and O–H groups in total. The van der Waals surface area contributed by atoms with Gasteiger partial charge in [-0.1, -0.05) is 6.92 Å². The number of pyridine rings is 1. The molecule has 1 aliphatic heterocycles. The molecule has 1 aromatic heterocycles. The van der Waals surface area contributed by atoms with Crippen LogP contribution in [0.1, 0.15) is 29.4 Å². The molecule has 102 valence electrons. The van der Waals surface area contributed by atoms with E-state index < -0.39 is 0 Å². The lowest BCUT2D eigenvalue weighted by Crippen LogP contribution is -2.57. The van der Waals surface area contributed by atoms with Gasteiger partial charge in [-0.2, -0.15) is 0 Å². The summed E-state index contributed by atoms with van der Waals surface area (Å²) in [5, 5.41) is 0. The lowest BCUT2D eigenvalue weighted by molar-refractivity contribution is -0.138. The number of hydrogen-bond donors (Lipinski definition) is 0. The Morgan fingerprint density at radius 2 is 2.21 bits per heavy atom. The first-order chi connectivity index (χ1) is 9.06. The fraction of sp³-hybridized carbons (Fsp3) is 0.500. The Balaban J connectivity index is 2.28. The molecule has 0 radical (unpaired) electrons. The number of carbonyl (C=O) groups excluding carboxylic acids is 2. The van der Waals surface area contributed by atoms with E-state index in [2.05, 4.69) is 4.98 Å². The molecule has 5 nitrogen and oxygen atoms in total. The lowest BCUT2D eigenvalue weighted by Gasteiger charge is -2.38. The topological polar surface area (TPSA) is 53.5 Å². The average molecular weight is 261 g/mol. The number of aryl methyl sites for hydroxylation is 1. The molecule has 19 heavy (non-hydrogen) atoms. The molecule has 0 aliphatic carbocycles.